The summed E-state index contributed by atoms with van der Waals surface area (Å²) >= 11 is 1.88. The van der Waals surface area contributed by atoms with E-state index < -0.39 is 0 Å². The van der Waals surface area contributed by atoms with Gasteiger partial charge in [0.05, 0.1) is 6.54 Å². The molecule has 0 radical (unpaired) electrons. The predicted molar refractivity (Wildman–Crippen MR) is 81.4 cm³/mol. The molecule has 0 atom stereocenters. The van der Waals surface area contributed by atoms with Crippen molar-refractivity contribution in [2.45, 2.75) is 39.7 Å². The molecule has 0 aromatic carbocycles. The third-order valence-corrected chi connectivity index (χ3v) is 4.14. The lowest BCUT2D eigenvalue weighted by molar-refractivity contribution is 0.465. The largest absolute Gasteiger partial charge is 0.351 e. The topological polar surface area (TPSA) is 27.6 Å². The maximum absolute atomic E-state index is 4.32. The number of hydrogen-bond acceptors (Lipinski definition) is 2. The fourth-order valence-corrected chi connectivity index (χ4v) is 2.66. The van der Waals surface area contributed by atoms with Crippen LogP contribution in [0.2, 0.25) is 0 Å². The van der Waals surface area contributed by atoms with Crippen molar-refractivity contribution in [2.24, 2.45) is 4.99 Å². The molecule has 0 spiro atoms. The lowest BCUT2D eigenvalue weighted by Crippen LogP contribution is -2.38. The molecule has 0 aliphatic rings. The van der Waals surface area contributed by atoms with Crippen LogP contribution in [0.25, 0.3) is 0 Å². The molecule has 1 aromatic heterocycles. The number of unbranched alkanes of at least 4 members (excludes halogenated alkanes) is 1. The molecule has 0 aliphatic carbocycles. The third-order valence-electron chi connectivity index (χ3n) is 2.91. The minimum atomic E-state index is 0.869. The van der Waals surface area contributed by atoms with Crippen molar-refractivity contribution in [1.29, 1.82) is 0 Å². The summed E-state index contributed by atoms with van der Waals surface area (Å²) in [6.07, 6.45) is 3.54. The van der Waals surface area contributed by atoms with Gasteiger partial charge in [0.2, 0.25) is 0 Å². The lowest BCUT2D eigenvalue weighted by Gasteiger charge is -2.21. The van der Waals surface area contributed by atoms with Crippen LogP contribution in [0, 0.1) is 0 Å². The highest BCUT2D eigenvalue weighted by atomic mass is 32.1. The van der Waals surface area contributed by atoms with Crippen LogP contribution in [-0.2, 0) is 13.0 Å². The summed E-state index contributed by atoms with van der Waals surface area (Å²) in [6.45, 7) is 6.33. The fourth-order valence-electron chi connectivity index (χ4n) is 1.76. The fraction of sp³-hybridized carbons (Fsp3) is 0.643. The molecule has 1 N–H and O–H groups in total. The van der Waals surface area contributed by atoms with Gasteiger partial charge in [-0.15, -0.1) is 11.3 Å². The first-order valence-electron chi connectivity index (χ1n) is 6.70. The number of aryl methyl sites for hydroxylation is 1. The second kappa shape index (κ2) is 8.14. The van der Waals surface area contributed by atoms with Gasteiger partial charge >= 0.3 is 0 Å². The number of aliphatic imine (C=N–C) groups is 1. The van der Waals surface area contributed by atoms with Crippen LogP contribution < -0.4 is 5.32 Å². The standard InChI is InChI=1S/C14H25N3S/c1-5-7-10-17(4)14(15-3)16-11-13-9-8-12(6-2)18-13/h8-9H,5-7,10-11H2,1-4H3,(H,15,16). The normalized spacial score (nSPS) is 11.7. The molecule has 102 valence electrons. The van der Waals surface area contributed by atoms with Gasteiger partial charge in [0.25, 0.3) is 0 Å². The Kier molecular flexibility index (Phi) is 6.80. The van der Waals surface area contributed by atoms with Gasteiger partial charge in [0, 0.05) is 30.4 Å². The van der Waals surface area contributed by atoms with E-state index in [4.69, 9.17) is 0 Å². The summed E-state index contributed by atoms with van der Waals surface area (Å²) < 4.78 is 0. The van der Waals surface area contributed by atoms with Gasteiger partial charge in [-0.2, -0.15) is 0 Å². The first kappa shape index (κ1) is 15.0. The van der Waals surface area contributed by atoms with Crippen LogP contribution in [0.5, 0.6) is 0 Å². The summed E-state index contributed by atoms with van der Waals surface area (Å²) in [7, 11) is 3.94. The van der Waals surface area contributed by atoms with Crippen LogP contribution in [0.15, 0.2) is 17.1 Å². The van der Waals surface area contributed by atoms with Crippen LogP contribution >= 0.6 is 11.3 Å². The zero-order chi connectivity index (χ0) is 13.4. The number of nitrogens with one attached hydrogen (secondary N) is 1. The Hall–Kier alpha value is -1.03. The molecule has 0 fully saturated rings. The van der Waals surface area contributed by atoms with Crippen molar-refractivity contribution in [2.75, 3.05) is 20.6 Å². The molecule has 0 unspecified atom stereocenters. The van der Waals surface area contributed by atoms with Crippen molar-refractivity contribution in [1.82, 2.24) is 10.2 Å². The van der Waals surface area contributed by atoms with Gasteiger partial charge in [0.15, 0.2) is 5.96 Å². The Morgan fingerprint density at radius 2 is 2.06 bits per heavy atom. The summed E-state index contributed by atoms with van der Waals surface area (Å²) in [6, 6.07) is 4.42. The molecule has 1 rings (SSSR count). The maximum Gasteiger partial charge on any atom is 0.193 e. The number of guanidine groups is 1. The summed E-state index contributed by atoms with van der Waals surface area (Å²) in [5.74, 6) is 0.981. The van der Waals surface area contributed by atoms with Gasteiger partial charge in [-0.1, -0.05) is 20.3 Å². The minimum absolute atomic E-state index is 0.869. The number of rotatable bonds is 6. The molecule has 3 nitrogen and oxygen atoms in total. The number of hydrogen-bond donors (Lipinski definition) is 1. The molecular formula is C14H25N3S. The van der Waals surface area contributed by atoms with Crippen molar-refractivity contribution >= 4 is 17.3 Å². The molecule has 4 heteroatoms. The molecule has 0 saturated heterocycles. The average molecular weight is 267 g/mol. The maximum atomic E-state index is 4.32. The molecule has 0 amide bonds. The van der Waals surface area contributed by atoms with Crippen LogP contribution in [0.3, 0.4) is 0 Å². The average Bonchev–Trinajstić information content (AvgIpc) is 2.85. The first-order chi connectivity index (χ1) is 8.71. The number of thiophene rings is 1. The van der Waals surface area contributed by atoms with E-state index in [1.54, 1.807) is 0 Å². The zero-order valence-corrected chi connectivity index (χ0v) is 12.8. The Balaban J connectivity index is 2.44. The highest BCUT2D eigenvalue weighted by molar-refractivity contribution is 7.11. The van der Waals surface area contributed by atoms with Crippen molar-refractivity contribution in [3.63, 3.8) is 0 Å². The second-order valence-corrected chi connectivity index (χ2v) is 5.65. The van der Waals surface area contributed by atoms with Crippen molar-refractivity contribution in [3.05, 3.63) is 21.9 Å². The van der Waals surface area contributed by atoms with E-state index in [-0.39, 0.29) is 0 Å². The smallest absolute Gasteiger partial charge is 0.193 e. The predicted octanol–water partition coefficient (Wildman–Crippen LogP) is 3.12. The quantitative estimate of drug-likeness (QED) is 0.633. The van der Waals surface area contributed by atoms with E-state index in [0.29, 0.717) is 0 Å². The van der Waals surface area contributed by atoms with Gasteiger partial charge in [-0.25, -0.2) is 0 Å². The Morgan fingerprint density at radius 3 is 2.61 bits per heavy atom. The molecule has 0 aliphatic heterocycles. The van der Waals surface area contributed by atoms with E-state index in [1.807, 2.05) is 18.4 Å². The van der Waals surface area contributed by atoms with Gasteiger partial charge in [0.1, 0.15) is 0 Å². The molecule has 1 aromatic rings. The van der Waals surface area contributed by atoms with E-state index in [1.165, 1.54) is 22.6 Å². The van der Waals surface area contributed by atoms with E-state index in [0.717, 1.165) is 25.5 Å². The van der Waals surface area contributed by atoms with Gasteiger partial charge < -0.3 is 10.2 Å². The zero-order valence-electron chi connectivity index (χ0n) is 12.0. The molecule has 18 heavy (non-hydrogen) atoms. The van der Waals surface area contributed by atoms with Crippen molar-refractivity contribution in [3.8, 4) is 0 Å². The molecule has 0 bridgehead atoms. The van der Waals surface area contributed by atoms with E-state index in [2.05, 4.69) is 48.2 Å². The molecule has 0 saturated carbocycles. The Labute approximate surface area is 115 Å². The van der Waals surface area contributed by atoms with Gasteiger partial charge in [-0.3, -0.25) is 4.99 Å². The van der Waals surface area contributed by atoms with Crippen LogP contribution in [0.1, 0.15) is 36.4 Å². The Bertz CT molecular complexity index is 371. The van der Waals surface area contributed by atoms with E-state index >= 15 is 0 Å². The minimum Gasteiger partial charge on any atom is -0.351 e. The highest BCUT2D eigenvalue weighted by Crippen LogP contribution is 2.16. The van der Waals surface area contributed by atoms with Crippen LogP contribution in [-0.4, -0.2) is 31.5 Å². The number of nitrogens with zero attached hydrogens (tertiary/aromatic N) is 2. The molecular weight excluding hydrogens is 242 g/mol. The SMILES string of the molecule is CCCCN(C)C(=NC)NCc1ccc(CC)s1. The van der Waals surface area contributed by atoms with Gasteiger partial charge in [-0.05, 0) is 25.0 Å². The summed E-state index contributed by atoms with van der Waals surface area (Å²) in [4.78, 5) is 9.33. The molecule has 1 heterocycles. The third kappa shape index (κ3) is 4.69. The second-order valence-electron chi connectivity index (χ2n) is 4.40. The monoisotopic (exact) mass is 267 g/mol. The Morgan fingerprint density at radius 1 is 1.33 bits per heavy atom. The van der Waals surface area contributed by atoms with Crippen LogP contribution in [0.4, 0.5) is 0 Å². The first-order valence-corrected chi connectivity index (χ1v) is 7.52. The van der Waals surface area contributed by atoms with Crippen molar-refractivity contribution < 1.29 is 0 Å². The summed E-state index contributed by atoms with van der Waals surface area (Å²) in [5.41, 5.74) is 0. The summed E-state index contributed by atoms with van der Waals surface area (Å²) in [5, 5.41) is 3.42. The van der Waals surface area contributed by atoms with E-state index in [9.17, 15) is 0 Å². The lowest BCUT2D eigenvalue weighted by atomic mass is 10.3. The highest BCUT2D eigenvalue weighted by Gasteiger charge is 2.05.